The molecule has 0 radical (unpaired) electrons. The van der Waals surface area contributed by atoms with E-state index in [2.05, 4.69) is 5.16 Å². The van der Waals surface area contributed by atoms with Gasteiger partial charge in [-0.3, -0.25) is 4.55 Å². The van der Waals surface area contributed by atoms with Crippen LogP contribution in [-0.2, 0) is 10.1 Å². The zero-order valence-electron chi connectivity index (χ0n) is 6.78. The highest BCUT2D eigenvalue weighted by atomic mass is 32.2. The largest absolute Gasteiger partial charge is 0.411 e. The molecule has 8 heteroatoms. The van der Waals surface area contributed by atoms with E-state index in [-0.39, 0.29) is 15.5 Å². The van der Waals surface area contributed by atoms with E-state index in [0.717, 1.165) is 17.4 Å². The van der Waals surface area contributed by atoms with Gasteiger partial charge in [0.05, 0.1) is 11.5 Å². The van der Waals surface area contributed by atoms with Crippen LogP contribution in [0.25, 0.3) is 0 Å². The molecule has 0 spiro atoms. The van der Waals surface area contributed by atoms with Gasteiger partial charge in [-0.2, -0.15) is 8.42 Å². The predicted molar refractivity (Wildman–Crippen MR) is 49.5 cm³/mol. The first-order chi connectivity index (χ1) is 6.49. The van der Waals surface area contributed by atoms with Crippen LogP contribution in [0.1, 0.15) is 4.88 Å². The molecule has 0 aromatic carbocycles. The van der Waals surface area contributed by atoms with Gasteiger partial charge in [-0.15, -0.1) is 11.3 Å². The molecule has 0 saturated heterocycles. The van der Waals surface area contributed by atoms with Crippen LogP contribution in [0.2, 0.25) is 0 Å². The number of rotatable bonds is 3. The lowest BCUT2D eigenvalue weighted by molar-refractivity contribution is 0.304. The van der Waals surface area contributed by atoms with E-state index in [4.69, 9.17) is 14.9 Å². The molecule has 0 aliphatic heterocycles. The Morgan fingerprint density at radius 3 is 2.57 bits per heavy atom. The summed E-state index contributed by atoms with van der Waals surface area (Å²) < 4.78 is 29.9. The van der Waals surface area contributed by atoms with Gasteiger partial charge in [-0.25, -0.2) is 0 Å². The second kappa shape index (κ2) is 4.05. The van der Waals surface area contributed by atoms with Crippen molar-refractivity contribution in [2.24, 2.45) is 5.16 Å². The summed E-state index contributed by atoms with van der Waals surface area (Å²) in [4.78, 5) is -0.00488. The zero-order chi connectivity index (χ0) is 10.8. The molecule has 14 heavy (non-hydrogen) atoms. The number of hydrogen-bond donors (Lipinski definition) is 3. The molecule has 0 amide bonds. The monoisotopic (exact) mass is 237 g/mol. The molecule has 1 aromatic rings. The average Bonchev–Trinajstić information content (AvgIpc) is 2.54. The van der Waals surface area contributed by atoms with E-state index in [1.54, 1.807) is 0 Å². The first-order valence-electron chi connectivity index (χ1n) is 3.37. The Morgan fingerprint density at radius 1 is 1.57 bits per heavy atom. The summed E-state index contributed by atoms with van der Waals surface area (Å²) in [5, 5.41) is 21.1. The number of aliphatic hydroxyl groups excluding tert-OH is 1. The van der Waals surface area contributed by atoms with Gasteiger partial charge in [0.1, 0.15) is 10.6 Å². The summed E-state index contributed by atoms with van der Waals surface area (Å²) in [7, 11) is -4.24. The minimum atomic E-state index is -4.24. The molecule has 0 aliphatic carbocycles. The quantitative estimate of drug-likeness (QED) is 0.300. The Labute approximate surface area is 83.9 Å². The van der Waals surface area contributed by atoms with E-state index in [1.807, 2.05) is 0 Å². The molecule has 0 atom stereocenters. The molecule has 1 rings (SSSR count). The summed E-state index contributed by atoms with van der Waals surface area (Å²) in [6.45, 7) is -0.512. The molecule has 0 fully saturated rings. The van der Waals surface area contributed by atoms with Crippen LogP contribution >= 0.6 is 11.3 Å². The van der Waals surface area contributed by atoms with Gasteiger partial charge in [-0.05, 0) is 6.07 Å². The average molecular weight is 237 g/mol. The summed E-state index contributed by atoms with van der Waals surface area (Å²) in [5.74, 6) is 0. The maximum Gasteiger partial charge on any atom is 0.295 e. The van der Waals surface area contributed by atoms with Gasteiger partial charge in [-0.1, -0.05) is 5.16 Å². The fraction of sp³-hybridized carbons (Fsp3) is 0.167. The Morgan fingerprint density at radius 2 is 2.21 bits per heavy atom. The molecule has 6 nitrogen and oxygen atoms in total. The molecule has 0 aliphatic rings. The maximum absolute atomic E-state index is 10.6. The van der Waals surface area contributed by atoms with E-state index >= 15 is 0 Å². The Hall–Kier alpha value is -0.960. The molecule has 3 N–H and O–H groups in total. The Balaban J connectivity index is 3.12. The van der Waals surface area contributed by atoms with E-state index in [1.165, 1.54) is 5.38 Å². The van der Waals surface area contributed by atoms with Crippen LogP contribution in [-0.4, -0.2) is 35.6 Å². The zero-order valence-corrected chi connectivity index (χ0v) is 8.42. The van der Waals surface area contributed by atoms with Crippen molar-refractivity contribution in [3.05, 3.63) is 16.3 Å². The highest BCUT2D eigenvalue weighted by Gasteiger charge is 2.14. The fourth-order valence-corrected chi connectivity index (χ4v) is 2.48. The Bertz CT molecular complexity index is 447. The van der Waals surface area contributed by atoms with E-state index in [0.29, 0.717) is 0 Å². The molecular weight excluding hydrogens is 230 g/mol. The number of thiophene rings is 1. The van der Waals surface area contributed by atoms with Crippen molar-refractivity contribution < 1.29 is 23.3 Å². The summed E-state index contributed by atoms with van der Waals surface area (Å²) >= 11 is 0.944. The van der Waals surface area contributed by atoms with Gasteiger partial charge in [0.25, 0.3) is 10.1 Å². The van der Waals surface area contributed by atoms with Gasteiger partial charge < -0.3 is 10.3 Å². The van der Waals surface area contributed by atoms with Crippen LogP contribution in [0.4, 0.5) is 0 Å². The number of aliphatic hydroxyl groups is 1. The van der Waals surface area contributed by atoms with E-state index < -0.39 is 16.7 Å². The highest BCUT2D eigenvalue weighted by Crippen LogP contribution is 2.19. The third-order valence-corrected chi connectivity index (χ3v) is 3.39. The van der Waals surface area contributed by atoms with Crippen molar-refractivity contribution in [1.82, 2.24) is 0 Å². The minimum absolute atomic E-state index is 0.0510. The van der Waals surface area contributed by atoms with Crippen molar-refractivity contribution >= 4 is 27.2 Å². The normalized spacial score (nSPS) is 13.1. The van der Waals surface area contributed by atoms with Gasteiger partial charge >= 0.3 is 0 Å². The first-order valence-corrected chi connectivity index (χ1v) is 5.69. The molecule has 1 aromatic heterocycles. The lowest BCUT2D eigenvalue weighted by Crippen LogP contribution is -2.04. The van der Waals surface area contributed by atoms with Gasteiger partial charge in [0.15, 0.2) is 0 Å². The summed E-state index contributed by atoms with van der Waals surface area (Å²) in [6, 6.07) is 1.12. The van der Waals surface area contributed by atoms with Crippen molar-refractivity contribution in [2.75, 3.05) is 6.61 Å². The third-order valence-electron chi connectivity index (χ3n) is 1.43. The predicted octanol–water partition coefficient (Wildman–Crippen LogP) is 0.165. The van der Waals surface area contributed by atoms with Gasteiger partial charge in [0.2, 0.25) is 0 Å². The first kappa shape index (κ1) is 11.1. The highest BCUT2D eigenvalue weighted by molar-refractivity contribution is 7.86. The van der Waals surface area contributed by atoms with Crippen molar-refractivity contribution in [1.29, 1.82) is 0 Å². The lowest BCUT2D eigenvalue weighted by atomic mass is 10.3. The minimum Gasteiger partial charge on any atom is -0.411 e. The molecule has 1 heterocycles. The topological polar surface area (TPSA) is 107 Å². The second-order valence-corrected chi connectivity index (χ2v) is 4.66. The second-order valence-electron chi connectivity index (χ2n) is 2.33. The summed E-state index contributed by atoms with van der Waals surface area (Å²) in [6.07, 6.45) is 0. The van der Waals surface area contributed by atoms with Gasteiger partial charge in [0, 0.05) is 5.38 Å². The van der Waals surface area contributed by atoms with Crippen LogP contribution in [0.5, 0.6) is 0 Å². The maximum atomic E-state index is 10.6. The fourth-order valence-electron chi connectivity index (χ4n) is 0.764. The molecule has 0 unspecified atom stereocenters. The Kier molecular flexibility index (Phi) is 3.21. The molecule has 78 valence electrons. The van der Waals surface area contributed by atoms with Crippen LogP contribution < -0.4 is 0 Å². The summed E-state index contributed by atoms with van der Waals surface area (Å²) in [5.41, 5.74) is -0.0510. The molecular formula is C6H7NO5S2. The number of hydrogen-bond acceptors (Lipinski definition) is 6. The lowest BCUT2D eigenvalue weighted by Gasteiger charge is -1.93. The smallest absolute Gasteiger partial charge is 0.295 e. The third kappa shape index (κ3) is 2.29. The number of oxime groups is 1. The van der Waals surface area contributed by atoms with Crippen molar-refractivity contribution in [3.63, 3.8) is 0 Å². The standard InChI is InChI=1S/C6H7NO5S2/c8-2-5(7-9)6-1-4(3-13-6)14(10,11)12/h1,3,8-9H,2H2,(H,10,11,12)/b7-5-. The van der Waals surface area contributed by atoms with Crippen molar-refractivity contribution in [2.45, 2.75) is 4.90 Å². The molecule has 0 bridgehead atoms. The van der Waals surface area contributed by atoms with E-state index in [9.17, 15) is 8.42 Å². The SMILES string of the molecule is O=S(=O)(O)c1csc(/C(CO)=N\O)c1. The van der Waals surface area contributed by atoms with Crippen LogP contribution in [0.3, 0.4) is 0 Å². The van der Waals surface area contributed by atoms with Crippen molar-refractivity contribution in [3.8, 4) is 0 Å². The number of nitrogens with zero attached hydrogens (tertiary/aromatic N) is 1. The van der Waals surface area contributed by atoms with Crippen LogP contribution in [0.15, 0.2) is 21.5 Å². The van der Waals surface area contributed by atoms with Crippen LogP contribution in [0, 0.1) is 0 Å². The molecule has 0 saturated carbocycles.